The molecule has 0 bridgehead atoms. The Morgan fingerprint density at radius 2 is 2.14 bits per heavy atom. The Bertz CT molecular complexity index is 502. The Hall–Kier alpha value is -0.780. The van der Waals surface area contributed by atoms with Crippen molar-refractivity contribution in [2.45, 2.75) is 50.1 Å². The molecule has 5 nitrogen and oxygen atoms in total. The molecule has 0 aliphatic carbocycles. The van der Waals surface area contributed by atoms with Crippen molar-refractivity contribution in [3.05, 3.63) is 0 Å². The monoisotopic (exact) mass is 324 g/mol. The zero-order chi connectivity index (χ0) is 16.1. The van der Waals surface area contributed by atoms with Gasteiger partial charge < -0.3 is 9.47 Å². The fraction of sp³-hybridized carbons (Fsp3) is 0.923. The topological polar surface area (TPSA) is 71.7 Å². The molecule has 0 aromatic rings. The van der Waals surface area contributed by atoms with Crippen LogP contribution in [0.3, 0.4) is 0 Å². The molecule has 1 aliphatic heterocycles. The second-order valence-electron chi connectivity index (χ2n) is 5.67. The molecule has 1 rings (SSSR count). The van der Waals surface area contributed by atoms with Gasteiger partial charge in [0.25, 0.3) is 5.92 Å². The highest BCUT2D eigenvalue weighted by Crippen LogP contribution is 2.22. The first-order chi connectivity index (χ1) is 9.60. The first kappa shape index (κ1) is 18.3. The molecule has 1 saturated heterocycles. The fourth-order valence-electron chi connectivity index (χ4n) is 1.57. The normalized spacial score (nSPS) is 23.1. The van der Waals surface area contributed by atoms with Crippen LogP contribution in [0.15, 0.2) is 4.36 Å². The van der Waals surface area contributed by atoms with E-state index in [1.54, 1.807) is 0 Å². The van der Waals surface area contributed by atoms with Gasteiger partial charge in [-0.15, -0.1) is 0 Å². The molecule has 0 N–H and O–H groups in total. The molecule has 0 spiro atoms. The Kier molecular flexibility index (Phi) is 6.08. The highest BCUT2D eigenvalue weighted by Gasteiger charge is 2.34. The van der Waals surface area contributed by atoms with Crippen LogP contribution in [0.1, 0.15) is 33.1 Å². The number of hydrogen-bond donors (Lipinski definition) is 0. The van der Waals surface area contributed by atoms with E-state index < -0.39 is 39.8 Å². The first-order valence-electron chi connectivity index (χ1n) is 6.79. The average Bonchev–Trinajstić information content (AvgIpc) is 2.44. The molecule has 0 aromatic carbocycles. The summed E-state index contributed by atoms with van der Waals surface area (Å²) < 4.78 is 52.2. The van der Waals surface area contributed by atoms with Crippen LogP contribution in [0, 0.1) is 11.3 Å². The number of nitrogens with zero attached hydrogens (tertiary/aromatic N) is 2. The molecule has 21 heavy (non-hydrogen) atoms. The Morgan fingerprint density at radius 3 is 2.67 bits per heavy atom. The van der Waals surface area contributed by atoms with Crippen molar-refractivity contribution in [3.63, 3.8) is 0 Å². The van der Waals surface area contributed by atoms with Gasteiger partial charge in [0.05, 0.1) is 15.8 Å². The quantitative estimate of drug-likeness (QED) is 0.753. The summed E-state index contributed by atoms with van der Waals surface area (Å²) in [4.78, 5) is 0. The van der Waals surface area contributed by atoms with E-state index in [4.69, 9.17) is 14.7 Å². The van der Waals surface area contributed by atoms with Gasteiger partial charge in [-0.1, -0.05) is 0 Å². The van der Waals surface area contributed by atoms with Crippen LogP contribution in [0.5, 0.6) is 0 Å². The molecular formula is C13H22F2N2O3S. The number of ether oxygens (including phenoxy) is 2. The van der Waals surface area contributed by atoms with Crippen molar-refractivity contribution in [2.75, 3.05) is 26.0 Å². The molecule has 1 heterocycles. The van der Waals surface area contributed by atoms with E-state index in [-0.39, 0.29) is 0 Å². The van der Waals surface area contributed by atoms with Gasteiger partial charge in [0.1, 0.15) is 17.9 Å². The van der Waals surface area contributed by atoms with E-state index in [2.05, 4.69) is 4.36 Å². The van der Waals surface area contributed by atoms with Gasteiger partial charge in [-0.05, 0) is 33.1 Å². The van der Waals surface area contributed by atoms with Crippen LogP contribution in [0.4, 0.5) is 8.78 Å². The van der Waals surface area contributed by atoms with E-state index in [0.29, 0.717) is 13.0 Å². The molecule has 0 aromatic heterocycles. The molecule has 2 atom stereocenters. The van der Waals surface area contributed by atoms with Crippen molar-refractivity contribution in [1.82, 2.24) is 0 Å². The van der Waals surface area contributed by atoms with E-state index in [9.17, 15) is 13.0 Å². The minimum Gasteiger partial charge on any atom is -0.353 e. The van der Waals surface area contributed by atoms with Crippen molar-refractivity contribution >= 4 is 9.73 Å². The smallest absolute Gasteiger partial charge is 0.290 e. The van der Waals surface area contributed by atoms with Gasteiger partial charge in [-0.2, -0.15) is 5.26 Å². The molecule has 122 valence electrons. The second kappa shape index (κ2) is 6.99. The van der Waals surface area contributed by atoms with Crippen LogP contribution in [0.25, 0.3) is 0 Å². The maximum absolute atomic E-state index is 13.7. The predicted molar refractivity (Wildman–Crippen MR) is 75.5 cm³/mol. The minimum absolute atomic E-state index is 0.514. The third-order valence-corrected chi connectivity index (χ3v) is 5.98. The van der Waals surface area contributed by atoms with E-state index in [0.717, 1.165) is 12.8 Å². The maximum atomic E-state index is 13.7. The summed E-state index contributed by atoms with van der Waals surface area (Å²) in [6, 6.07) is 1.84. The summed E-state index contributed by atoms with van der Waals surface area (Å²) in [6.45, 7) is 1.59. The molecule has 0 saturated carbocycles. The van der Waals surface area contributed by atoms with Gasteiger partial charge in [-0.3, -0.25) is 0 Å². The molecule has 1 fully saturated rings. The van der Waals surface area contributed by atoms with Crippen molar-refractivity contribution < 1.29 is 22.5 Å². The van der Waals surface area contributed by atoms with Crippen LogP contribution >= 0.6 is 0 Å². The Balaban J connectivity index is 2.59. The van der Waals surface area contributed by atoms with Crippen LogP contribution in [0.2, 0.25) is 0 Å². The Labute approximate surface area is 124 Å². The molecule has 2 unspecified atom stereocenters. The summed E-state index contributed by atoms with van der Waals surface area (Å²) in [5, 5.41) is 8.91. The fourth-order valence-corrected chi connectivity index (χ4v) is 2.49. The van der Waals surface area contributed by atoms with Crippen LogP contribution in [-0.2, 0) is 19.2 Å². The number of halogens is 2. The average molecular weight is 324 g/mol. The number of hydrogen-bond acceptors (Lipinski definition) is 5. The minimum atomic E-state index is -3.23. The summed E-state index contributed by atoms with van der Waals surface area (Å²) in [5.74, 6) is -3.23. The lowest BCUT2D eigenvalue weighted by Crippen LogP contribution is -2.34. The summed E-state index contributed by atoms with van der Waals surface area (Å²) in [7, 11) is -3.04. The zero-order valence-electron chi connectivity index (χ0n) is 12.6. The van der Waals surface area contributed by atoms with E-state index in [1.165, 1.54) is 20.1 Å². The van der Waals surface area contributed by atoms with Gasteiger partial charge in [0, 0.05) is 12.9 Å². The van der Waals surface area contributed by atoms with Gasteiger partial charge in [0.2, 0.25) is 0 Å². The zero-order valence-corrected chi connectivity index (χ0v) is 13.4. The third-order valence-electron chi connectivity index (χ3n) is 3.38. The molecular weight excluding hydrogens is 302 g/mol. The Morgan fingerprint density at radius 1 is 1.48 bits per heavy atom. The van der Waals surface area contributed by atoms with Crippen molar-refractivity contribution in [1.29, 1.82) is 5.26 Å². The summed E-state index contributed by atoms with van der Waals surface area (Å²) >= 11 is 0. The lowest BCUT2D eigenvalue weighted by molar-refractivity contribution is -0.197. The molecule has 1 aliphatic rings. The number of rotatable bonds is 6. The molecule has 0 radical (unpaired) electrons. The lowest BCUT2D eigenvalue weighted by Gasteiger charge is -2.25. The second-order valence-corrected chi connectivity index (χ2v) is 8.56. The van der Waals surface area contributed by atoms with Gasteiger partial charge in [0.15, 0.2) is 6.29 Å². The van der Waals surface area contributed by atoms with Crippen LogP contribution < -0.4 is 0 Å². The maximum Gasteiger partial charge on any atom is 0.290 e. The molecule has 0 amide bonds. The number of nitriles is 1. The predicted octanol–water partition coefficient (Wildman–Crippen LogP) is 2.56. The first-order valence-corrected chi connectivity index (χ1v) is 8.72. The largest absolute Gasteiger partial charge is 0.353 e. The van der Waals surface area contributed by atoms with Gasteiger partial charge >= 0.3 is 0 Å². The van der Waals surface area contributed by atoms with E-state index >= 15 is 0 Å². The molecule has 8 heteroatoms. The lowest BCUT2D eigenvalue weighted by atomic mass is 10.2. The number of alkyl halides is 2. The van der Waals surface area contributed by atoms with E-state index in [1.807, 2.05) is 6.07 Å². The van der Waals surface area contributed by atoms with Crippen LogP contribution in [-0.4, -0.2) is 47.2 Å². The van der Waals surface area contributed by atoms with Crippen molar-refractivity contribution in [2.24, 2.45) is 4.36 Å². The van der Waals surface area contributed by atoms with Gasteiger partial charge in [-0.25, -0.2) is 17.4 Å². The van der Waals surface area contributed by atoms with Crippen molar-refractivity contribution in [3.8, 4) is 6.07 Å². The summed E-state index contributed by atoms with van der Waals surface area (Å²) in [6.07, 6.45) is 3.01. The standard InChI is InChI=1S/C13H22F2N2O3S/c1-12(2,8-16)21(3,18)17-9-13(14,15)10-20-11-6-4-5-7-19-11/h11H,4-7,9-10H2,1-3H3. The summed E-state index contributed by atoms with van der Waals surface area (Å²) in [5.41, 5.74) is 0. The third kappa shape index (κ3) is 5.49. The highest BCUT2D eigenvalue weighted by molar-refractivity contribution is 7.94. The SMILES string of the molecule is CC(C)(C#N)S(C)(=O)=NCC(F)(F)COC1CCCCO1. The highest BCUT2D eigenvalue weighted by atomic mass is 32.2.